The van der Waals surface area contributed by atoms with Crippen LogP contribution in [0, 0.1) is 11.8 Å². The Morgan fingerprint density at radius 1 is 1.19 bits per heavy atom. The number of halogens is 3. The van der Waals surface area contributed by atoms with Gasteiger partial charge in [-0.05, 0) is 38.1 Å². The fourth-order valence-corrected chi connectivity index (χ4v) is 4.02. The van der Waals surface area contributed by atoms with E-state index >= 15 is 0 Å². The number of carboxylic acids is 1. The Hall–Kier alpha value is -1.51. The first-order chi connectivity index (χ1) is 12.2. The highest BCUT2D eigenvalue weighted by Gasteiger charge is 2.45. The number of hydrogen-bond acceptors (Lipinski definition) is 3. The standard InChI is InChI=1S/C17H28F3N3O3/c1-2-23(10-15(24)25)13-7-12(8-13)22-16(26)21-9-11-5-3-4-6-14(11)17(18,19)20/h11-14H,2-10H2,1H3,(H,24,25)(H2,21,22,26)/t11-,12?,13?,14-/m1/s1. The molecule has 2 fully saturated rings. The van der Waals surface area contributed by atoms with Crippen molar-refractivity contribution in [3.05, 3.63) is 0 Å². The fourth-order valence-electron chi connectivity index (χ4n) is 4.02. The van der Waals surface area contributed by atoms with E-state index in [9.17, 15) is 22.8 Å². The van der Waals surface area contributed by atoms with Gasteiger partial charge in [-0.2, -0.15) is 13.2 Å². The van der Waals surface area contributed by atoms with Crippen molar-refractivity contribution in [1.82, 2.24) is 15.5 Å². The maximum Gasteiger partial charge on any atom is 0.392 e. The Labute approximate surface area is 151 Å². The van der Waals surface area contributed by atoms with E-state index in [0.29, 0.717) is 32.2 Å². The summed E-state index contributed by atoms with van der Waals surface area (Å²) in [5.41, 5.74) is 0. The minimum atomic E-state index is -4.21. The largest absolute Gasteiger partial charge is 0.480 e. The number of hydrogen-bond donors (Lipinski definition) is 3. The second kappa shape index (κ2) is 8.92. The molecular formula is C17H28F3N3O3. The summed E-state index contributed by atoms with van der Waals surface area (Å²) < 4.78 is 39.2. The summed E-state index contributed by atoms with van der Waals surface area (Å²) in [6.45, 7) is 2.51. The maximum atomic E-state index is 13.1. The Balaban J connectivity index is 1.70. The minimum Gasteiger partial charge on any atom is -0.480 e. The minimum absolute atomic E-state index is 0.0272. The van der Waals surface area contributed by atoms with E-state index in [0.717, 1.165) is 6.42 Å². The van der Waals surface area contributed by atoms with Crippen molar-refractivity contribution in [3.63, 3.8) is 0 Å². The second-order valence-electron chi connectivity index (χ2n) is 7.33. The van der Waals surface area contributed by atoms with Crippen molar-refractivity contribution in [2.24, 2.45) is 11.8 Å². The molecule has 0 aliphatic heterocycles. The number of amides is 2. The van der Waals surface area contributed by atoms with Gasteiger partial charge < -0.3 is 15.7 Å². The van der Waals surface area contributed by atoms with Gasteiger partial charge in [0.15, 0.2) is 0 Å². The number of alkyl halides is 3. The Bertz CT molecular complexity index is 495. The third kappa shape index (κ3) is 5.75. The van der Waals surface area contributed by atoms with Gasteiger partial charge in [0.25, 0.3) is 0 Å². The number of urea groups is 1. The molecule has 0 aromatic carbocycles. The van der Waals surface area contributed by atoms with Gasteiger partial charge in [-0.3, -0.25) is 9.69 Å². The van der Waals surface area contributed by atoms with Gasteiger partial charge in [0.2, 0.25) is 0 Å². The van der Waals surface area contributed by atoms with Crippen molar-refractivity contribution >= 4 is 12.0 Å². The van der Waals surface area contributed by atoms with Gasteiger partial charge in [0, 0.05) is 18.6 Å². The quantitative estimate of drug-likeness (QED) is 0.635. The van der Waals surface area contributed by atoms with Crippen molar-refractivity contribution in [3.8, 4) is 0 Å². The van der Waals surface area contributed by atoms with Crippen molar-refractivity contribution in [2.45, 2.75) is 63.7 Å². The average molecular weight is 379 g/mol. The van der Waals surface area contributed by atoms with Crippen molar-refractivity contribution in [2.75, 3.05) is 19.6 Å². The lowest BCUT2D eigenvalue weighted by atomic mass is 9.79. The molecule has 0 aromatic rings. The van der Waals surface area contributed by atoms with Gasteiger partial charge in [-0.25, -0.2) is 4.79 Å². The number of rotatable bonds is 7. The van der Waals surface area contributed by atoms with Gasteiger partial charge in [-0.15, -0.1) is 0 Å². The Morgan fingerprint density at radius 3 is 2.42 bits per heavy atom. The van der Waals surface area contributed by atoms with E-state index in [1.54, 1.807) is 0 Å². The summed E-state index contributed by atoms with van der Waals surface area (Å²) in [7, 11) is 0. The first-order valence-corrected chi connectivity index (χ1v) is 9.27. The van der Waals surface area contributed by atoms with Crippen molar-refractivity contribution in [1.29, 1.82) is 0 Å². The molecule has 9 heteroatoms. The van der Waals surface area contributed by atoms with E-state index in [1.807, 2.05) is 11.8 Å². The third-order valence-electron chi connectivity index (χ3n) is 5.56. The van der Waals surface area contributed by atoms with Gasteiger partial charge in [-0.1, -0.05) is 19.8 Å². The molecule has 0 aromatic heterocycles. The summed E-state index contributed by atoms with van der Waals surface area (Å²) in [5.74, 6) is -2.78. The van der Waals surface area contributed by atoms with Gasteiger partial charge >= 0.3 is 18.2 Å². The molecule has 0 unspecified atom stereocenters. The number of aliphatic carboxylic acids is 1. The number of carbonyl (C=O) groups is 2. The summed E-state index contributed by atoms with van der Waals surface area (Å²) >= 11 is 0. The molecule has 6 nitrogen and oxygen atoms in total. The lowest BCUT2D eigenvalue weighted by Crippen LogP contribution is -2.56. The van der Waals surface area contributed by atoms with Crippen LogP contribution in [0.25, 0.3) is 0 Å². The predicted molar refractivity (Wildman–Crippen MR) is 89.7 cm³/mol. The van der Waals surface area contributed by atoms with Crippen molar-refractivity contribution < 1.29 is 27.9 Å². The van der Waals surface area contributed by atoms with Crippen LogP contribution in [-0.4, -0.2) is 59.9 Å². The third-order valence-corrected chi connectivity index (χ3v) is 5.56. The zero-order valence-electron chi connectivity index (χ0n) is 15.0. The van der Waals surface area contributed by atoms with Crippen LogP contribution in [0.15, 0.2) is 0 Å². The molecule has 0 radical (unpaired) electrons. The summed E-state index contributed by atoms with van der Waals surface area (Å²) in [6, 6.07) is -0.386. The monoisotopic (exact) mass is 379 g/mol. The van der Waals surface area contributed by atoms with Crippen LogP contribution in [0.1, 0.15) is 45.4 Å². The van der Waals surface area contributed by atoms with E-state index in [2.05, 4.69) is 10.6 Å². The average Bonchev–Trinajstić information content (AvgIpc) is 2.53. The molecule has 0 spiro atoms. The summed E-state index contributed by atoms with van der Waals surface area (Å²) in [6.07, 6.45) is -0.929. The second-order valence-corrected chi connectivity index (χ2v) is 7.33. The number of likely N-dealkylation sites (N-methyl/N-ethyl adjacent to an activating group) is 1. The van der Waals surface area contributed by atoms with Gasteiger partial charge in [0.05, 0.1) is 12.5 Å². The molecule has 0 bridgehead atoms. The van der Waals surface area contributed by atoms with Gasteiger partial charge in [0.1, 0.15) is 0 Å². The zero-order valence-corrected chi connectivity index (χ0v) is 15.0. The zero-order chi connectivity index (χ0) is 19.3. The SMILES string of the molecule is CCN(CC(=O)O)C1CC(NC(=O)NC[C@H]2CCCC[C@H]2C(F)(F)F)C1. The molecule has 2 atom stereocenters. The lowest BCUT2D eigenvalue weighted by molar-refractivity contribution is -0.195. The molecule has 2 aliphatic rings. The number of nitrogens with zero attached hydrogens (tertiary/aromatic N) is 1. The fraction of sp³-hybridized carbons (Fsp3) is 0.882. The first-order valence-electron chi connectivity index (χ1n) is 9.27. The van der Waals surface area contributed by atoms with E-state index < -0.39 is 30.0 Å². The molecule has 2 saturated carbocycles. The molecule has 26 heavy (non-hydrogen) atoms. The van der Waals surface area contributed by atoms with Crippen LogP contribution in [0.5, 0.6) is 0 Å². The molecule has 2 aliphatic carbocycles. The first kappa shape index (κ1) is 20.8. The van der Waals surface area contributed by atoms with Crippen LogP contribution >= 0.6 is 0 Å². The smallest absolute Gasteiger partial charge is 0.392 e. The number of nitrogens with one attached hydrogen (secondary N) is 2. The molecule has 150 valence electrons. The molecule has 2 rings (SSSR count). The topological polar surface area (TPSA) is 81.7 Å². The summed E-state index contributed by atoms with van der Waals surface area (Å²) in [5, 5.41) is 14.2. The summed E-state index contributed by atoms with van der Waals surface area (Å²) in [4.78, 5) is 24.6. The number of carboxylic acid groups (broad SMARTS) is 1. The van der Waals surface area contributed by atoms with Crippen LogP contribution < -0.4 is 10.6 Å². The highest BCUT2D eigenvalue weighted by molar-refractivity contribution is 5.74. The molecular weight excluding hydrogens is 351 g/mol. The number of carbonyl (C=O) groups excluding carboxylic acids is 1. The normalized spacial score (nSPS) is 29.1. The van der Waals surface area contributed by atoms with Crippen LogP contribution in [-0.2, 0) is 4.79 Å². The Morgan fingerprint density at radius 2 is 1.85 bits per heavy atom. The van der Waals surface area contributed by atoms with Crippen LogP contribution in [0.3, 0.4) is 0 Å². The van der Waals surface area contributed by atoms with E-state index in [4.69, 9.17) is 5.11 Å². The molecule has 2 amide bonds. The molecule has 0 heterocycles. The highest BCUT2D eigenvalue weighted by Crippen LogP contribution is 2.41. The molecule has 3 N–H and O–H groups in total. The lowest BCUT2D eigenvalue weighted by Gasteiger charge is -2.42. The highest BCUT2D eigenvalue weighted by atomic mass is 19.4. The predicted octanol–water partition coefficient (Wildman–Crippen LogP) is 2.59. The molecule has 0 saturated heterocycles. The van der Waals surface area contributed by atoms with E-state index in [-0.39, 0.29) is 31.6 Å². The Kier molecular flexibility index (Phi) is 7.14. The van der Waals surface area contributed by atoms with E-state index in [1.165, 1.54) is 0 Å². The van der Waals surface area contributed by atoms with Crippen LogP contribution in [0.4, 0.5) is 18.0 Å². The van der Waals surface area contributed by atoms with Crippen LogP contribution in [0.2, 0.25) is 0 Å². The maximum absolute atomic E-state index is 13.1.